The summed E-state index contributed by atoms with van der Waals surface area (Å²) in [5, 5.41) is 7.40. The van der Waals surface area contributed by atoms with E-state index in [1.165, 1.54) is 15.9 Å². The van der Waals surface area contributed by atoms with Gasteiger partial charge in [0, 0.05) is 35.9 Å². The maximum Gasteiger partial charge on any atom is 0.292 e. The quantitative estimate of drug-likeness (QED) is 0.604. The molecule has 3 aromatic heterocycles. The summed E-state index contributed by atoms with van der Waals surface area (Å²) in [4.78, 5) is 21.4. The molecule has 4 rings (SSSR count). The van der Waals surface area contributed by atoms with E-state index in [0.29, 0.717) is 15.3 Å². The van der Waals surface area contributed by atoms with E-state index in [0.717, 1.165) is 17.0 Å². The maximum atomic E-state index is 12.5. The van der Waals surface area contributed by atoms with E-state index in [4.69, 9.17) is 4.74 Å². The molecule has 0 aliphatic rings. The molecule has 0 aliphatic heterocycles. The molecule has 0 atom stereocenters. The van der Waals surface area contributed by atoms with Gasteiger partial charge in [0.15, 0.2) is 5.82 Å². The molecule has 3 heterocycles. The van der Waals surface area contributed by atoms with Crippen LogP contribution < -0.4 is 20.1 Å². The van der Waals surface area contributed by atoms with Crippen LogP contribution in [-0.2, 0) is 0 Å². The predicted octanol–water partition coefficient (Wildman–Crippen LogP) is 1.79. The lowest BCUT2D eigenvalue weighted by atomic mass is 10.3. The Morgan fingerprint density at radius 1 is 1.24 bits per heavy atom. The van der Waals surface area contributed by atoms with E-state index in [1.54, 1.807) is 37.8 Å². The Hall–Kier alpha value is -3.26. The van der Waals surface area contributed by atoms with Gasteiger partial charge in [0.1, 0.15) is 10.3 Å². The van der Waals surface area contributed by atoms with Crippen molar-refractivity contribution in [1.29, 1.82) is 0 Å². The van der Waals surface area contributed by atoms with Crippen LogP contribution in [0.25, 0.3) is 22.5 Å². The van der Waals surface area contributed by atoms with Gasteiger partial charge in [-0.05, 0) is 24.3 Å². The number of nitrogens with one attached hydrogen (secondary N) is 1. The van der Waals surface area contributed by atoms with Crippen LogP contribution in [0.5, 0.6) is 5.75 Å². The Morgan fingerprint density at radius 3 is 2.84 bits per heavy atom. The van der Waals surface area contributed by atoms with Gasteiger partial charge >= 0.3 is 0 Å². The van der Waals surface area contributed by atoms with Crippen LogP contribution in [0.3, 0.4) is 0 Å². The number of rotatable bonds is 4. The number of benzene rings is 1. The highest BCUT2D eigenvalue weighted by atomic mass is 32.1. The van der Waals surface area contributed by atoms with Gasteiger partial charge in [-0.2, -0.15) is 9.50 Å². The topological polar surface area (TPSA) is 81.4 Å². The van der Waals surface area contributed by atoms with Gasteiger partial charge in [0.05, 0.1) is 7.11 Å². The number of hydrogen-bond donors (Lipinski definition) is 1. The fourth-order valence-corrected chi connectivity index (χ4v) is 3.15. The first-order chi connectivity index (χ1) is 12.2. The van der Waals surface area contributed by atoms with Crippen LogP contribution in [0.4, 0.5) is 5.69 Å². The molecule has 0 radical (unpaired) electrons. The van der Waals surface area contributed by atoms with Gasteiger partial charge in [-0.15, -0.1) is 5.10 Å². The average molecular weight is 351 g/mol. The van der Waals surface area contributed by atoms with Gasteiger partial charge in [0.2, 0.25) is 4.96 Å². The first-order valence-electron chi connectivity index (χ1n) is 7.45. The molecule has 0 bridgehead atoms. The van der Waals surface area contributed by atoms with Crippen LogP contribution >= 0.6 is 11.3 Å². The molecule has 8 heteroatoms. The molecule has 0 saturated carbocycles. The summed E-state index contributed by atoms with van der Waals surface area (Å²) >= 11 is 1.28. The zero-order valence-corrected chi connectivity index (χ0v) is 14.0. The fraction of sp³-hybridized carbons (Fsp3) is 0.0588. The van der Waals surface area contributed by atoms with E-state index in [1.807, 2.05) is 24.3 Å². The summed E-state index contributed by atoms with van der Waals surface area (Å²) < 4.78 is 7.03. The monoisotopic (exact) mass is 351 g/mol. The summed E-state index contributed by atoms with van der Waals surface area (Å²) in [5.74, 6) is 1.25. The number of methoxy groups -OCH3 is 1. The molecule has 0 amide bonds. The van der Waals surface area contributed by atoms with Crippen LogP contribution in [0.1, 0.15) is 0 Å². The zero-order chi connectivity index (χ0) is 17.2. The molecule has 1 aromatic carbocycles. The second-order valence-corrected chi connectivity index (χ2v) is 6.17. The number of hydrogen-bond acceptors (Lipinski definition) is 7. The molecule has 0 saturated heterocycles. The normalized spacial score (nSPS) is 11.8. The Balaban J connectivity index is 1.68. The van der Waals surface area contributed by atoms with Crippen LogP contribution in [0.2, 0.25) is 0 Å². The van der Waals surface area contributed by atoms with Gasteiger partial charge in [-0.1, -0.05) is 17.4 Å². The fourth-order valence-electron chi connectivity index (χ4n) is 2.32. The third-order valence-electron chi connectivity index (χ3n) is 3.56. The summed E-state index contributed by atoms with van der Waals surface area (Å²) in [5.41, 5.74) is 1.45. The Labute approximate surface area is 146 Å². The minimum absolute atomic E-state index is 0.205. The number of anilines is 1. The lowest BCUT2D eigenvalue weighted by molar-refractivity contribution is 0.415. The number of fused-ring (bicyclic) bond motifs is 1. The molecule has 0 fully saturated rings. The van der Waals surface area contributed by atoms with Crippen molar-refractivity contribution in [1.82, 2.24) is 19.6 Å². The lowest BCUT2D eigenvalue weighted by Gasteiger charge is -2.02. The highest BCUT2D eigenvalue weighted by Gasteiger charge is 2.11. The smallest absolute Gasteiger partial charge is 0.292 e. The molecule has 0 spiro atoms. The first kappa shape index (κ1) is 15.3. The molecule has 124 valence electrons. The highest BCUT2D eigenvalue weighted by Crippen LogP contribution is 2.17. The largest absolute Gasteiger partial charge is 0.497 e. The first-order valence-corrected chi connectivity index (χ1v) is 8.27. The van der Waals surface area contributed by atoms with E-state index < -0.39 is 0 Å². The SMILES string of the molecule is COc1cccc(N/C=c2\sc3nc(-c4ccncc4)nn3c2=O)c1. The van der Waals surface area contributed by atoms with E-state index in [9.17, 15) is 4.79 Å². The standard InChI is InChI=1S/C17H13N5O2S/c1-24-13-4-2-3-12(9-13)19-10-14-16(23)22-17(25-14)20-15(21-22)11-5-7-18-8-6-11/h2-10,19H,1H3/b14-10-. The van der Waals surface area contributed by atoms with Crippen molar-refractivity contribution in [2.45, 2.75) is 0 Å². The third kappa shape index (κ3) is 2.94. The number of aromatic nitrogens is 4. The van der Waals surface area contributed by atoms with Gasteiger partial charge < -0.3 is 10.1 Å². The van der Waals surface area contributed by atoms with Crippen molar-refractivity contribution < 1.29 is 4.74 Å². The van der Waals surface area contributed by atoms with Crippen molar-refractivity contribution in [2.24, 2.45) is 0 Å². The van der Waals surface area contributed by atoms with Crippen molar-refractivity contribution in [2.75, 3.05) is 12.4 Å². The molecular formula is C17H13N5O2S. The number of ether oxygens (including phenoxy) is 1. The Bertz CT molecular complexity index is 1140. The molecule has 0 aliphatic carbocycles. The molecule has 7 nitrogen and oxygen atoms in total. The molecular weight excluding hydrogens is 338 g/mol. The molecule has 25 heavy (non-hydrogen) atoms. The Kier molecular flexibility index (Phi) is 3.87. The van der Waals surface area contributed by atoms with Crippen LogP contribution in [0, 0.1) is 0 Å². The van der Waals surface area contributed by atoms with Gasteiger partial charge in [0.25, 0.3) is 5.56 Å². The van der Waals surface area contributed by atoms with Crippen molar-refractivity contribution in [3.63, 3.8) is 0 Å². The number of nitrogens with zero attached hydrogens (tertiary/aromatic N) is 4. The summed E-state index contributed by atoms with van der Waals surface area (Å²) in [6.07, 6.45) is 4.99. The molecule has 0 unspecified atom stereocenters. The van der Waals surface area contributed by atoms with Gasteiger partial charge in [-0.25, -0.2) is 0 Å². The number of pyridine rings is 1. The van der Waals surface area contributed by atoms with Crippen molar-refractivity contribution in [3.05, 3.63) is 63.7 Å². The van der Waals surface area contributed by atoms with E-state index in [2.05, 4.69) is 20.4 Å². The predicted molar refractivity (Wildman–Crippen MR) is 96.7 cm³/mol. The second-order valence-electron chi connectivity index (χ2n) is 5.16. The van der Waals surface area contributed by atoms with E-state index in [-0.39, 0.29) is 5.56 Å². The zero-order valence-electron chi connectivity index (χ0n) is 13.2. The molecule has 1 N–H and O–H groups in total. The number of thiazole rings is 1. The van der Waals surface area contributed by atoms with Crippen molar-refractivity contribution in [3.8, 4) is 17.1 Å². The highest BCUT2D eigenvalue weighted by molar-refractivity contribution is 7.15. The maximum absolute atomic E-state index is 12.5. The molecule has 4 aromatic rings. The minimum atomic E-state index is -0.205. The average Bonchev–Trinajstić information content (AvgIpc) is 3.20. The summed E-state index contributed by atoms with van der Waals surface area (Å²) in [6, 6.07) is 11.1. The van der Waals surface area contributed by atoms with Crippen molar-refractivity contribution >= 4 is 28.2 Å². The second kappa shape index (κ2) is 6.33. The van der Waals surface area contributed by atoms with E-state index >= 15 is 0 Å². The van der Waals surface area contributed by atoms with Gasteiger partial charge in [-0.3, -0.25) is 9.78 Å². The lowest BCUT2D eigenvalue weighted by Crippen LogP contribution is -2.24. The summed E-state index contributed by atoms with van der Waals surface area (Å²) in [7, 11) is 1.61. The minimum Gasteiger partial charge on any atom is -0.497 e. The Morgan fingerprint density at radius 2 is 2.08 bits per heavy atom. The van der Waals surface area contributed by atoms with Crippen LogP contribution in [0.15, 0.2) is 53.6 Å². The summed E-state index contributed by atoms with van der Waals surface area (Å²) in [6.45, 7) is 0. The third-order valence-corrected chi connectivity index (χ3v) is 4.52. The van der Waals surface area contributed by atoms with Crippen LogP contribution in [-0.4, -0.2) is 26.7 Å².